The summed E-state index contributed by atoms with van der Waals surface area (Å²) >= 11 is 0. The largest absolute Gasteiger partial charge is 0.480 e. The summed E-state index contributed by atoms with van der Waals surface area (Å²) in [5, 5.41) is 8.98. The number of benzene rings is 1. The number of carboxylic acids is 1. The summed E-state index contributed by atoms with van der Waals surface area (Å²) in [6.07, 6.45) is 1.60. The molecule has 1 fully saturated rings. The number of amides is 1. The van der Waals surface area contributed by atoms with Crippen molar-refractivity contribution in [2.45, 2.75) is 45.7 Å². The van der Waals surface area contributed by atoms with Crippen molar-refractivity contribution in [1.82, 2.24) is 14.4 Å². The number of rotatable bonds is 6. The van der Waals surface area contributed by atoms with Gasteiger partial charge in [0.1, 0.15) is 0 Å². The third-order valence-electron chi connectivity index (χ3n) is 6.14. The summed E-state index contributed by atoms with van der Waals surface area (Å²) in [4.78, 5) is 27.9. The van der Waals surface area contributed by atoms with E-state index < -0.39 is 5.97 Å². The number of aryl methyl sites for hydroxylation is 1. The van der Waals surface area contributed by atoms with Crippen LogP contribution in [0.5, 0.6) is 0 Å². The van der Waals surface area contributed by atoms with Crippen LogP contribution in [0.1, 0.15) is 53.1 Å². The van der Waals surface area contributed by atoms with Crippen molar-refractivity contribution in [3.63, 3.8) is 0 Å². The Morgan fingerprint density at radius 3 is 2.38 bits per heavy atom. The average molecular weight is 398 g/mol. The van der Waals surface area contributed by atoms with Crippen LogP contribution in [0, 0.1) is 13.8 Å². The van der Waals surface area contributed by atoms with Gasteiger partial charge in [-0.05, 0) is 52.3 Å². The molecule has 156 valence electrons. The normalized spacial score (nSPS) is 16.2. The molecule has 1 N–H and O–H groups in total. The summed E-state index contributed by atoms with van der Waals surface area (Å²) < 4.78 is 2.23. The SMILES string of the molecule is Cc1cc(C(=O)N2CCC(N(C)CC(=O)O)CC2)c(C)n1[C@H](C)c1ccccc1. The number of aliphatic carboxylic acids is 1. The second kappa shape index (κ2) is 8.82. The second-order valence-corrected chi connectivity index (χ2v) is 8.07. The predicted molar refractivity (Wildman–Crippen MR) is 113 cm³/mol. The van der Waals surface area contributed by atoms with E-state index in [-0.39, 0.29) is 24.5 Å². The summed E-state index contributed by atoms with van der Waals surface area (Å²) in [5.41, 5.74) is 4.06. The van der Waals surface area contributed by atoms with E-state index in [1.807, 2.05) is 48.0 Å². The second-order valence-electron chi connectivity index (χ2n) is 8.07. The van der Waals surface area contributed by atoms with Gasteiger partial charge in [-0.2, -0.15) is 0 Å². The van der Waals surface area contributed by atoms with Gasteiger partial charge in [-0.25, -0.2) is 0 Å². The Balaban J connectivity index is 1.72. The molecule has 0 radical (unpaired) electrons. The van der Waals surface area contributed by atoms with E-state index in [1.165, 1.54) is 5.56 Å². The molecule has 1 atom stereocenters. The summed E-state index contributed by atoms with van der Waals surface area (Å²) in [7, 11) is 1.84. The third kappa shape index (κ3) is 4.53. The van der Waals surface area contributed by atoms with Crippen molar-refractivity contribution in [3.8, 4) is 0 Å². The highest BCUT2D eigenvalue weighted by molar-refractivity contribution is 5.95. The molecule has 6 heteroatoms. The van der Waals surface area contributed by atoms with Gasteiger partial charge in [-0.15, -0.1) is 0 Å². The zero-order valence-electron chi connectivity index (χ0n) is 17.8. The highest BCUT2D eigenvalue weighted by Crippen LogP contribution is 2.27. The van der Waals surface area contributed by atoms with Gasteiger partial charge in [-0.3, -0.25) is 14.5 Å². The lowest BCUT2D eigenvalue weighted by Crippen LogP contribution is -2.46. The Morgan fingerprint density at radius 2 is 1.79 bits per heavy atom. The molecule has 1 amide bonds. The molecule has 29 heavy (non-hydrogen) atoms. The zero-order valence-corrected chi connectivity index (χ0v) is 17.8. The quantitative estimate of drug-likeness (QED) is 0.812. The van der Waals surface area contributed by atoms with Crippen molar-refractivity contribution in [2.75, 3.05) is 26.7 Å². The summed E-state index contributed by atoms with van der Waals surface area (Å²) in [5.74, 6) is -0.741. The maximum absolute atomic E-state index is 13.2. The van der Waals surface area contributed by atoms with Crippen LogP contribution in [0.2, 0.25) is 0 Å². The molecule has 1 aliphatic rings. The molecule has 0 unspecified atom stereocenters. The molecule has 1 aromatic carbocycles. The molecule has 0 aliphatic carbocycles. The molecular weight excluding hydrogens is 366 g/mol. The third-order valence-corrected chi connectivity index (χ3v) is 6.14. The van der Waals surface area contributed by atoms with E-state index in [9.17, 15) is 9.59 Å². The molecule has 2 heterocycles. The van der Waals surface area contributed by atoms with Crippen LogP contribution >= 0.6 is 0 Å². The molecule has 0 bridgehead atoms. The van der Waals surface area contributed by atoms with Gasteiger partial charge >= 0.3 is 5.97 Å². The molecule has 3 rings (SSSR count). The maximum atomic E-state index is 13.2. The smallest absolute Gasteiger partial charge is 0.317 e. The topological polar surface area (TPSA) is 65.8 Å². The van der Waals surface area contributed by atoms with Crippen molar-refractivity contribution >= 4 is 11.9 Å². The van der Waals surface area contributed by atoms with E-state index in [0.29, 0.717) is 13.1 Å². The zero-order chi connectivity index (χ0) is 21.1. The van der Waals surface area contributed by atoms with Gasteiger partial charge < -0.3 is 14.6 Å². The number of hydrogen-bond donors (Lipinski definition) is 1. The lowest BCUT2D eigenvalue weighted by Gasteiger charge is -2.36. The molecule has 1 aliphatic heterocycles. The fraction of sp³-hybridized carbons (Fsp3) is 0.478. The minimum Gasteiger partial charge on any atom is -0.480 e. The number of hydrogen-bond acceptors (Lipinski definition) is 3. The number of carbonyl (C=O) groups is 2. The maximum Gasteiger partial charge on any atom is 0.317 e. The van der Waals surface area contributed by atoms with Crippen LogP contribution in [0.25, 0.3) is 0 Å². The number of carbonyl (C=O) groups excluding carboxylic acids is 1. The molecule has 1 saturated heterocycles. The lowest BCUT2D eigenvalue weighted by atomic mass is 10.0. The van der Waals surface area contributed by atoms with Gasteiger partial charge in [0.15, 0.2) is 0 Å². The highest BCUT2D eigenvalue weighted by Gasteiger charge is 2.29. The van der Waals surface area contributed by atoms with Crippen LogP contribution < -0.4 is 0 Å². The first-order valence-corrected chi connectivity index (χ1v) is 10.2. The minimum absolute atomic E-state index is 0.0388. The first-order valence-electron chi connectivity index (χ1n) is 10.2. The van der Waals surface area contributed by atoms with Crippen molar-refractivity contribution in [3.05, 3.63) is 58.9 Å². The average Bonchev–Trinajstić information content (AvgIpc) is 3.01. The number of nitrogens with zero attached hydrogens (tertiary/aromatic N) is 3. The van der Waals surface area contributed by atoms with Crippen LogP contribution in [-0.2, 0) is 4.79 Å². The van der Waals surface area contributed by atoms with Gasteiger partial charge in [0.05, 0.1) is 18.2 Å². The number of piperidine rings is 1. The van der Waals surface area contributed by atoms with Crippen LogP contribution in [0.15, 0.2) is 36.4 Å². The number of aromatic nitrogens is 1. The van der Waals surface area contributed by atoms with E-state index in [0.717, 1.165) is 29.8 Å². The Kier molecular flexibility index (Phi) is 6.42. The molecule has 0 spiro atoms. The Labute approximate surface area is 172 Å². The Morgan fingerprint density at radius 1 is 1.17 bits per heavy atom. The highest BCUT2D eigenvalue weighted by atomic mass is 16.4. The van der Waals surface area contributed by atoms with E-state index in [1.54, 1.807) is 0 Å². The van der Waals surface area contributed by atoms with E-state index in [2.05, 4.69) is 30.5 Å². The Bertz CT molecular complexity index is 867. The van der Waals surface area contributed by atoms with Gasteiger partial charge in [0.25, 0.3) is 5.91 Å². The fourth-order valence-electron chi connectivity index (χ4n) is 4.49. The standard InChI is InChI=1S/C23H31N3O3/c1-16-14-21(18(3)26(16)17(2)19-8-6-5-7-9-19)23(29)25-12-10-20(11-13-25)24(4)15-22(27)28/h5-9,14,17,20H,10-13,15H2,1-4H3,(H,27,28)/t17-/m1/s1. The summed E-state index contributed by atoms with van der Waals surface area (Å²) in [6, 6.07) is 12.7. The Hall–Kier alpha value is -2.60. The lowest BCUT2D eigenvalue weighted by molar-refractivity contribution is -0.138. The van der Waals surface area contributed by atoms with Gasteiger partial charge in [0, 0.05) is 30.5 Å². The fourth-order valence-corrected chi connectivity index (χ4v) is 4.49. The summed E-state index contributed by atoms with van der Waals surface area (Å²) in [6.45, 7) is 7.59. The molecule has 1 aromatic heterocycles. The first-order chi connectivity index (χ1) is 13.8. The molecule has 6 nitrogen and oxygen atoms in total. The van der Waals surface area contributed by atoms with E-state index >= 15 is 0 Å². The number of carboxylic acid groups (broad SMARTS) is 1. The molecular formula is C23H31N3O3. The van der Waals surface area contributed by atoms with E-state index in [4.69, 9.17) is 5.11 Å². The van der Waals surface area contributed by atoms with Crippen LogP contribution in [0.4, 0.5) is 0 Å². The van der Waals surface area contributed by atoms with Gasteiger partial charge in [0.2, 0.25) is 0 Å². The molecule has 2 aromatic rings. The molecule has 0 saturated carbocycles. The number of likely N-dealkylation sites (tertiary alicyclic amines) is 1. The minimum atomic E-state index is -0.814. The van der Waals surface area contributed by atoms with Crippen LogP contribution in [0.3, 0.4) is 0 Å². The van der Waals surface area contributed by atoms with Gasteiger partial charge in [-0.1, -0.05) is 30.3 Å². The monoisotopic (exact) mass is 397 g/mol. The van der Waals surface area contributed by atoms with Crippen LogP contribution in [-0.4, -0.2) is 64.1 Å². The van der Waals surface area contributed by atoms with Crippen molar-refractivity contribution in [1.29, 1.82) is 0 Å². The predicted octanol–water partition coefficient (Wildman–Crippen LogP) is 3.34. The number of likely N-dealkylation sites (N-methyl/N-ethyl adjacent to an activating group) is 1. The van der Waals surface area contributed by atoms with Crippen molar-refractivity contribution < 1.29 is 14.7 Å². The first kappa shape index (κ1) is 21.1. The van der Waals surface area contributed by atoms with Crippen molar-refractivity contribution in [2.24, 2.45) is 0 Å².